The Labute approximate surface area is 164 Å². The van der Waals surface area contributed by atoms with E-state index in [1.165, 1.54) is 20.3 Å². The first kappa shape index (κ1) is 21.5. The molecule has 152 valence electrons. The lowest BCUT2D eigenvalue weighted by Gasteiger charge is -2.21. The molecule has 0 aliphatic rings. The van der Waals surface area contributed by atoms with Crippen LogP contribution in [0.5, 0.6) is 23.0 Å². The molecule has 2 aromatic rings. The fourth-order valence-corrected chi connectivity index (χ4v) is 3.00. The molecule has 2 aromatic carbocycles. The number of carboxylic acids is 1. The number of aliphatic hydroxyl groups excluding tert-OH is 2. The fraction of sp³-hybridized carbons (Fsp3) is 0.381. The number of benzene rings is 2. The van der Waals surface area contributed by atoms with E-state index < -0.39 is 12.1 Å². The van der Waals surface area contributed by atoms with Gasteiger partial charge in [-0.25, -0.2) is 4.79 Å². The summed E-state index contributed by atoms with van der Waals surface area (Å²) >= 11 is 0. The number of para-hydroxylation sites is 1. The van der Waals surface area contributed by atoms with Crippen molar-refractivity contribution in [2.45, 2.75) is 33.0 Å². The largest absolute Gasteiger partial charge is 0.495 e. The molecule has 0 aliphatic heterocycles. The number of hydrogen-bond acceptors (Lipinski definition) is 6. The zero-order valence-electron chi connectivity index (χ0n) is 16.4. The minimum absolute atomic E-state index is 0.0176. The van der Waals surface area contributed by atoms with Gasteiger partial charge in [0.2, 0.25) is 0 Å². The summed E-state index contributed by atoms with van der Waals surface area (Å²) in [5.74, 6) is -0.420. The molecule has 0 heterocycles. The van der Waals surface area contributed by atoms with Crippen LogP contribution in [0.15, 0.2) is 30.3 Å². The normalized spacial score (nSPS) is 12.0. The highest BCUT2D eigenvalue weighted by molar-refractivity contribution is 5.95. The number of hydrogen-bond donors (Lipinski definition) is 3. The fourth-order valence-electron chi connectivity index (χ4n) is 3.00. The molecular weight excluding hydrogens is 364 g/mol. The third-order valence-electron chi connectivity index (χ3n) is 4.28. The van der Waals surface area contributed by atoms with Crippen LogP contribution >= 0.6 is 0 Å². The van der Waals surface area contributed by atoms with E-state index in [1.807, 2.05) is 13.8 Å². The Kier molecular flexibility index (Phi) is 7.25. The van der Waals surface area contributed by atoms with Crippen molar-refractivity contribution in [3.63, 3.8) is 0 Å². The maximum absolute atomic E-state index is 12.0. The molecule has 0 amide bonds. The summed E-state index contributed by atoms with van der Waals surface area (Å²) in [6.45, 7) is 3.62. The number of aromatic carboxylic acids is 1. The van der Waals surface area contributed by atoms with Crippen molar-refractivity contribution >= 4 is 5.97 Å². The van der Waals surface area contributed by atoms with E-state index in [0.29, 0.717) is 23.3 Å². The summed E-state index contributed by atoms with van der Waals surface area (Å²) in [7, 11) is 2.80. The molecule has 0 spiro atoms. The molecule has 28 heavy (non-hydrogen) atoms. The zero-order chi connectivity index (χ0) is 20.8. The van der Waals surface area contributed by atoms with Crippen molar-refractivity contribution in [3.8, 4) is 23.0 Å². The van der Waals surface area contributed by atoms with Gasteiger partial charge in [-0.3, -0.25) is 0 Å². The van der Waals surface area contributed by atoms with Crippen molar-refractivity contribution in [2.24, 2.45) is 5.92 Å². The summed E-state index contributed by atoms with van der Waals surface area (Å²) in [5, 5.41) is 29.8. The number of carbonyl (C=O) groups is 1. The monoisotopic (exact) mass is 390 g/mol. The van der Waals surface area contributed by atoms with Gasteiger partial charge in [0.05, 0.1) is 26.9 Å². The van der Waals surface area contributed by atoms with Crippen molar-refractivity contribution in [1.82, 2.24) is 0 Å². The Balaban J connectivity index is 2.59. The molecule has 2 rings (SSSR count). The van der Waals surface area contributed by atoms with E-state index in [-0.39, 0.29) is 35.3 Å². The van der Waals surface area contributed by atoms with E-state index in [2.05, 4.69) is 0 Å². The summed E-state index contributed by atoms with van der Waals surface area (Å²) in [4.78, 5) is 12.0. The minimum Gasteiger partial charge on any atom is -0.495 e. The lowest BCUT2D eigenvalue weighted by Crippen LogP contribution is -2.10. The van der Waals surface area contributed by atoms with Crippen molar-refractivity contribution in [2.75, 3.05) is 14.2 Å². The van der Waals surface area contributed by atoms with Crippen LogP contribution in [0.25, 0.3) is 0 Å². The lowest BCUT2D eigenvalue weighted by molar-refractivity contribution is 0.0689. The van der Waals surface area contributed by atoms with Crippen molar-refractivity contribution < 1.29 is 34.3 Å². The van der Waals surface area contributed by atoms with Gasteiger partial charge in [-0.05, 0) is 30.5 Å². The number of aliphatic hydroxyl groups is 2. The first-order valence-corrected chi connectivity index (χ1v) is 8.90. The van der Waals surface area contributed by atoms with Crippen LogP contribution in [-0.4, -0.2) is 35.5 Å². The zero-order valence-corrected chi connectivity index (χ0v) is 16.4. The summed E-state index contributed by atoms with van der Waals surface area (Å²) in [5.41, 5.74) is 0.611. The molecule has 0 aromatic heterocycles. The van der Waals surface area contributed by atoms with Crippen LogP contribution < -0.4 is 14.2 Å². The highest BCUT2D eigenvalue weighted by atomic mass is 16.5. The molecule has 0 radical (unpaired) electrons. The van der Waals surface area contributed by atoms with E-state index >= 15 is 0 Å². The number of rotatable bonds is 9. The third-order valence-corrected chi connectivity index (χ3v) is 4.28. The van der Waals surface area contributed by atoms with Gasteiger partial charge in [-0.2, -0.15) is 0 Å². The number of ether oxygens (including phenoxy) is 3. The predicted molar refractivity (Wildman–Crippen MR) is 103 cm³/mol. The van der Waals surface area contributed by atoms with Gasteiger partial charge >= 0.3 is 5.97 Å². The molecule has 1 atom stereocenters. The molecule has 1 unspecified atom stereocenters. The molecule has 0 aliphatic carbocycles. The SMILES string of the molecule is COc1cccc(CO)c1Oc1ccc(C(O)CC(C)C)c(OC)c1C(=O)O. The molecule has 0 bridgehead atoms. The third kappa shape index (κ3) is 4.55. The Morgan fingerprint density at radius 2 is 1.75 bits per heavy atom. The average molecular weight is 390 g/mol. The Hall–Kier alpha value is -2.77. The smallest absolute Gasteiger partial charge is 0.343 e. The molecule has 0 saturated carbocycles. The van der Waals surface area contributed by atoms with E-state index in [4.69, 9.17) is 14.2 Å². The molecule has 3 N–H and O–H groups in total. The number of carboxylic acid groups (broad SMARTS) is 1. The Morgan fingerprint density at radius 3 is 2.29 bits per heavy atom. The molecular formula is C21H26O7. The number of methoxy groups -OCH3 is 2. The standard InChI is InChI=1S/C21H26O7/c1-12(2)10-15(23)14-8-9-16(18(21(24)25)20(14)27-4)28-19-13(11-22)6-5-7-17(19)26-3/h5-9,12,15,22-23H,10-11H2,1-4H3,(H,24,25). The van der Waals surface area contributed by atoms with Gasteiger partial charge in [0.1, 0.15) is 17.1 Å². The van der Waals surface area contributed by atoms with Crippen molar-refractivity contribution in [3.05, 3.63) is 47.0 Å². The molecule has 7 heteroatoms. The quantitative estimate of drug-likeness (QED) is 0.598. The molecule has 0 fully saturated rings. The molecule has 7 nitrogen and oxygen atoms in total. The van der Waals surface area contributed by atoms with Crippen LogP contribution in [-0.2, 0) is 6.61 Å². The van der Waals surface area contributed by atoms with Gasteiger partial charge in [0, 0.05) is 11.1 Å². The highest BCUT2D eigenvalue weighted by Gasteiger charge is 2.26. The van der Waals surface area contributed by atoms with Gasteiger partial charge in [0.25, 0.3) is 0 Å². The second kappa shape index (κ2) is 9.43. The maximum Gasteiger partial charge on any atom is 0.343 e. The predicted octanol–water partition coefficient (Wildman–Crippen LogP) is 3.77. The lowest BCUT2D eigenvalue weighted by atomic mass is 9.96. The van der Waals surface area contributed by atoms with Gasteiger partial charge in [0.15, 0.2) is 11.5 Å². The average Bonchev–Trinajstić information content (AvgIpc) is 2.66. The van der Waals surface area contributed by atoms with Crippen LogP contribution in [0.4, 0.5) is 0 Å². The van der Waals surface area contributed by atoms with Gasteiger partial charge < -0.3 is 29.5 Å². The maximum atomic E-state index is 12.0. The first-order chi connectivity index (χ1) is 13.3. The van der Waals surface area contributed by atoms with E-state index in [1.54, 1.807) is 24.3 Å². The van der Waals surface area contributed by atoms with Crippen LogP contribution in [0.1, 0.15) is 47.9 Å². The van der Waals surface area contributed by atoms with Crippen LogP contribution in [0.3, 0.4) is 0 Å². The summed E-state index contributed by atoms with van der Waals surface area (Å²) in [6.07, 6.45) is -0.419. The van der Waals surface area contributed by atoms with Gasteiger partial charge in [-0.1, -0.05) is 26.0 Å². The second-order valence-corrected chi connectivity index (χ2v) is 6.72. The van der Waals surface area contributed by atoms with Crippen molar-refractivity contribution in [1.29, 1.82) is 0 Å². The second-order valence-electron chi connectivity index (χ2n) is 6.72. The highest BCUT2D eigenvalue weighted by Crippen LogP contribution is 2.42. The van der Waals surface area contributed by atoms with E-state index in [9.17, 15) is 20.1 Å². The first-order valence-electron chi connectivity index (χ1n) is 8.90. The Bertz CT molecular complexity index is 807. The van der Waals surface area contributed by atoms with Crippen LogP contribution in [0, 0.1) is 5.92 Å². The summed E-state index contributed by atoms with van der Waals surface area (Å²) < 4.78 is 16.4. The summed E-state index contributed by atoms with van der Waals surface area (Å²) in [6, 6.07) is 8.05. The topological polar surface area (TPSA) is 105 Å². The Morgan fingerprint density at radius 1 is 1.04 bits per heavy atom. The molecule has 0 saturated heterocycles. The van der Waals surface area contributed by atoms with E-state index in [0.717, 1.165) is 0 Å². The van der Waals surface area contributed by atoms with Crippen LogP contribution in [0.2, 0.25) is 0 Å². The minimum atomic E-state index is -1.26. The van der Waals surface area contributed by atoms with Gasteiger partial charge in [-0.15, -0.1) is 0 Å².